The van der Waals surface area contributed by atoms with Crippen molar-refractivity contribution in [3.63, 3.8) is 0 Å². The maximum absolute atomic E-state index is 11.7. The lowest BCUT2D eigenvalue weighted by Crippen LogP contribution is -2.38. The second-order valence-corrected chi connectivity index (χ2v) is 6.16. The monoisotopic (exact) mass is 340 g/mol. The van der Waals surface area contributed by atoms with E-state index in [1.165, 1.54) is 19.3 Å². The molecule has 0 aliphatic heterocycles. The Morgan fingerprint density at radius 1 is 1.36 bits per heavy atom. The maximum atomic E-state index is 11.7. The van der Waals surface area contributed by atoms with E-state index in [4.69, 9.17) is 28.6 Å². The first-order chi connectivity index (χ1) is 10.6. The Morgan fingerprint density at radius 2 is 2.09 bits per heavy atom. The van der Waals surface area contributed by atoms with Crippen LogP contribution in [0.2, 0.25) is 5.02 Å². The van der Waals surface area contributed by atoms with E-state index in [0.29, 0.717) is 28.3 Å². The summed E-state index contributed by atoms with van der Waals surface area (Å²) in [6, 6.07) is 5.55. The van der Waals surface area contributed by atoms with Crippen molar-refractivity contribution < 1.29 is 9.53 Å². The topological polar surface area (TPSA) is 50.4 Å². The zero-order chi connectivity index (χ0) is 15.9. The summed E-state index contributed by atoms with van der Waals surface area (Å²) in [6.07, 6.45) is 6.12. The lowest BCUT2D eigenvalue weighted by Gasteiger charge is -2.24. The third-order valence-corrected chi connectivity index (χ3v) is 4.20. The van der Waals surface area contributed by atoms with Gasteiger partial charge in [0.15, 0.2) is 5.11 Å². The highest BCUT2D eigenvalue weighted by Gasteiger charge is 2.15. The van der Waals surface area contributed by atoms with Crippen LogP contribution in [0.15, 0.2) is 18.2 Å². The van der Waals surface area contributed by atoms with Crippen LogP contribution in [-0.4, -0.2) is 23.7 Å². The van der Waals surface area contributed by atoms with Gasteiger partial charge < -0.3 is 15.4 Å². The van der Waals surface area contributed by atoms with Crippen LogP contribution < -0.4 is 10.6 Å². The highest BCUT2D eigenvalue weighted by atomic mass is 35.5. The third kappa shape index (κ3) is 4.85. The molecule has 2 rings (SSSR count). The summed E-state index contributed by atoms with van der Waals surface area (Å²) in [4.78, 5) is 11.7. The minimum absolute atomic E-state index is 0.324. The van der Waals surface area contributed by atoms with E-state index in [9.17, 15) is 4.79 Å². The molecule has 2 N–H and O–H groups in total. The third-order valence-electron chi connectivity index (χ3n) is 3.66. The molecular formula is C16H21ClN2O2S. The number of carbonyl (C=O) groups is 1. The molecule has 0 bridgehead atoms. The molecule has 0 unspecified atom stereocenters. The fourth-order valence-corrected chi connectivity index (χ4v) is 3.11. The average Bonchev–Trinajstić information content (AvgIpc) is 2.48. The van der Waals surface area contributed by atoms with Crippen molar-refractivity contribution in [1.82, 2.24) is 5.32 Å². The SMILES string of the molecule is CCOC(=O)c1ccc(NC(=S)NC2CCCCC2)cc1Cl. The minimum atomic E-state index is -0.415. The van der Waals surface area contributed by atoms with Gasteiger partial charge in [0.1, 0.15) is 0 Å². The highest BCUT2D eigenvalue weighted by molar-refractivity contribution is 7.80. The molecule has 1 aromatic rings. The van der Waals surface area contributed by atoms with Crippen LogP contribution in [0.25, 0.3) is 0 Å². The number of halogens is 1. The predicted octanol–water partition coefficient (Wildman–Crippen LogP) is 4.14. The van der Waals surface area contributed by atoms with Crippen LogP contribution in [-0.2, 0) is 4.74 Å². The van der Waals surface area contributed by atoms with Crippen molar-refractivity contribution in [3.8, 4) is 0 Å². The molecule has 1 aliphatic rings. The summed E-state index contributed by atoms with van der Waals surface area (Å²) in [5, 5.41) is 7.38. The smallest absolute Gasteiger partial charge is 0.339 e. The molecule has 0 aromatic heterocycles. The first-order valence-electron chi connectivity index (χ1n) is 7.64. The van der Waals surface area contributed by atoms with Gasteiger partial charge >= 0.3 is 5.97 Å². The number of carbonyl (C=O) groups excluding carboxylic acids is 1. The van der Waals surface area contributed by atoms with Crippen LogP contribution in [0.4, 0.5) is 5.69 Å². The summed E-state index contributed by atoms with van der Waals surface area (Å²) in [7, 11) is 0. The quantitative estimate of drug-likeness (QED) is 0.637. The Balaban J connectivity index is 1.93. The summed E-state index contributed by atoms with van der Waals surface area (Å²) in [5.41, 5.74) is 1.12. The van der Waals surface area contributed by atoms with E-state index in [-0.39, 0.29) is 0 Å². The summed E-state index contributed by atoms with van der Waals surface area (Å²) < 4.78 is 4.95. The molecule has 0 radical (unpaired) electrons. The summed E-state index contributed by atoms with van der Waals surface area (Å²) in [5.74, 6) is -0.415. The van der Waals surface area contributed by atoms with E-state index >= 15 is 0 Å². The summed E-state index contributed by atoms with van der Waals surface area (Å²) >= 11 is 11.5. The number of esters is 1. The van der Waals surface area contributed by atoms with Gasteiger partial charge in [-0.1, -0.05) is 30.9 Å². The molecule has 0 atom stereocenters. The molecule has 4 nitrogen and oxygen atoms in total. The van der Waals surface area contributed by atoms with Gasteiger partial charge in [-0.3, -0.25) is 0 Å². The predicted molar refractivity (Wildman–Crippen MR) is 93.6 cm³/mol. The molecular weight excluding hydrogens is 320 g/mol. The number of thiocarbonyl (C=S) groups is 1. The number of hydrogen-bond acceptors (Lipinski definition) is 3. The van der Waals surface area contributed by atoms with E-state index in [1.54, 1.807) is 25.1 Å². The van der Waals surface area contributed by atoms with Gasteiger partial charge in [-0.25, -0.2) is 4.79 Å². The van der Waals surface area contributed by atoms with Crippen LogP contribution >= 0.6 is 23.8 Å². The number of benzene rings is 1. The Morgan fingerprint density at radius 3 is 2.73 bits per heavy atom. The number of anilines is 1. The fourth-order valence-electron chi connectivity index (χ4n) is 2.57. The molecule has 22 heavy (non-hydrogen) atoms. The van der Waals surface area contributed by atoms with Gasteiger partial charge in [0.05, 0.1) is 17.2 Å². The number of nitrogens with one attached hydrogen (secondary N) is 2. The van der Waals surface area contributed by atoms with E-state index in [2.05, 4.69) is 10.6 Å². The van der Waals surface area contributed by atoms with Crippen molar-refractivity contribution >= 4 is 40.6 Å². The van der Waals surface area contributed by atoms with Crippen LogP contribution in [0.5, 0.6) is 0 Å². The molecule has 1 aliphatic carbocycles. The van der Waals surface area contributed by atoms with Crippen molar-refractivity contribution in [1.29, 1.82) is 0 Å². The van der Waals surface area contributed by atoms with E-state index in [0.717, 1.165) is 18.5 Å². The van der Waals surface area contributed by atoms with Gasteiger partial charge in [-0.2, -0.15) is 0 Å². The minimum Gasteiger partial charge on any atom is -0.462 e. The number of rotatable bonds is 4. The first-order valence-corrected chi connectivity index (χ1v) is 8.43. The van der Waals surface area contributed by atoms with Gasteiger partial charge in [-0.05, 0) is 50.2 Å². The molecule has 6 heteroatoms. The van der Waals surface area contributed by atoms with Crippen molar-refractivity contribution in [2.24, 2.45) is 0 Å². The lowest BCUT2D eigenvalue weighted by molar-refractivity contribution is 0.0526. The molecule has 0 heterocycles. The highest BCUT2D eigenvalue weighted by Crippen LogP contribution is 2.22. The van der Waals surface area contributed by atoms with E-state index < -0.39 is 5.97 Å². The zero-order valence-corrected chi connectivity index (χ0v) is 14.2. The number of hydrogen-bond donors (Lipinski definition) is 2. The summed E-state index contributed by atoms with van der Waals surface area (Å²) in [6.45, 7) is 2.08. The van der Waals surface area contributed by atoms with Gasteiger partial charge in [0.2, 0.25) is 0 Å². The Kier molecular flexibility index (Phi) is 6.46. The standard InChI is InChI=1S/C16H21ClN2O2S/c1-2-21-15(20)13-9-8-12(10-14(13)17)19-16(22)18-11-6-4-3-5-7-11/h8-11H,2-7H2,1H3,(H2,18,19,22). The van der Waals surface area contributed by atoms with Crippen molar-refractivity contribution in [2.75, 3.05) is 11.9 Å². The first kappa shape index (κ1) is 17.0. The number of ether oxygens (including phenoxy) is 1. The molecule has 0 amide bonds. The Bertz CT molecular complexity index is 545. The van der Waals surface area contributed by atoms with Gasteiger partial charge in [-0.15, -0.1) is 0 Å². The van der Waals surface area contributed by atoms with Crippen molar-refractivity contribution in [3.05, 3.63) is 28.8 Å². The molecule has 0 saturated heterocycles. The fraction of sp³-hybridized carbons (Fsp3) is 0.500. The van der Waals surface area contributed by atoms with Crippen LogP contribution in [0, 0.1) is 0 Å². The van der Waals surface area contributed by atoms with Gasteiger partial charge in [0, 0.05) is 11.7 Å². The maximum Gasteiger partial charge on any atom is 0.339 e. The lowest BCUT2D eigenvalue weighted by atomic mass is 9.96. The molecule has 0 spiro atoms. The second kappa shape index (κ2) is 8.34. The molecule has 1 fully saturated rings. The van der Waals surface area contributed by atoms with Gasteiger partial charge in [0.25, 0.3) is 0 Å². The Labute approximate surface area is 141 Å². The average molecular weight is 341 g/mol. The Hall–Kier alpha value is -1.33. The normalized spacial score (nSPS) is 15.2. The molecule has 1 saturated carbocycles. The molecule has 1 aromatic carbocycles. The van der Waals surface area contributed by atoms with E-state index in [1.807, 2.05) is 0 Å². The largest absolute Gasteiger partial charge is 0.462 e. The second-order valence-electron chi connectivity index (χ2n) is 5.35. The van der Waals surface area contributed by atoms with Crippen molar-refractivity contribution in [2.45, 2.75) is 45.1 Å². The zero-order valence-electron chi connectivity index (χ0n) is 12.7. The van der Waals surface area contributed by atoms with Crippen LogP contribution in [0.3, 0.4) is 0 Å². The molecule has 120 valence electrons. The van der Waals surface area contributed by atoms with Crippen LogP contribution in [0.1, 0.15) is 49.4 Å².